The minimum absolute atomic E-state index is 0.381. The molecule has 0 radical (unpaired) electrons. The Labute approximate surface area is 108 Å². The van der Waals surface area contributed by atoms with Crippen molar-refractivity contribution < 1.29 is 4.74 Å². The first-order valence-electron chi connectivity index (χ1n) is 7.18. The maximum absolute atomic E-state index is 5.81. The third-order valence-corrected chi connectivity index (χ3v) is 4.47. The average molecular weight is 241 g/mol. The van der Waals surface area contributed by atoms with E-state index in [1.165, 1.54) is 6.42 Å². The van der Waals surface area contributed by atoms with Crippen LogP contribution in [0.3, 0.4) is 0 Å². The topological polar surface area (TPSA) is 21.3 Å². The molecule has 0 aromatic rings. The number of hydrogen-bond acceptors (Lipinski definition) is 2. The van der Waals surface area contributed by atoms with Gasteiger partial charge in [-0.3, -0.25) is 0 Å². The summed E-state index contributed by atoms with van der Waals surface area (Å²) < 4.78 is 5.81. The average Bonchev–Trinajstić information content (AvgIpc) is 2.26. The lowest BCUT2D eigenvalue weighted by Crippen LogP contribution is -2.45. The Morgan fingerprint density at radius 3 is 2.41 bits per heavy atom. The highest BCUT2D eigenvalue weighted by molar-refractivity contribution is 4.82. The zero-order valence-electron chi connectivity index (χ0n) is 12.5. The van der Waals surface area contributed by atoms with Gasteiger partial charge in [0.25, 0.3) is 0 Å². The molecule has 2 atom stereocenters. The summed E-state index contributed by atoms with van der Waals surface area (Å²) in [6.45, 7) is 15.9. The van der Waals surface area contributed by atoms with Crippen LogP contribution in [0.25, 0.3) is 0 Å². The van der Waals surface area contributed by atoms with Crippen LogP contribution in [0.4, 0.5) is 0 Å². The summed E-state index contributed by atoms with van der Waals surface area (Å²) in [5, 5.41) is 3.75. The van der Waals surface area contributed by atoms with Crippen molar-refractivity contribution in [3.8, 4) is 0 Å². The van der Waals surface area contributed by atoms with Gasteiger partial charge in [0.05, 0.1) is 6.10 Å². The minimum atomic E-state index is 0.381. The second-order valence-corrected chi connectivity index (χ2v) is 6.90. The summed E-state index contributed by atoms with van der Waals surface area (Å²) in [5.41, 5.74) is 0.381. The fourth-order valence-corrected chi connectivity index (χ4v) is 2.09. The second kappa shape index (κ2) is 6.19. The first-order valence-corrected chi connectivity index (χ1v) is 7.18. The molecule has 1 saturated heterocycles. The van der Waals surface area contributed by atoms with Gasteiger partial charge in [0.1, 0.15) is 0 Å². The van der Waals surface area contributed by atoms with Gasteiger partial charge in [-0.1, -0.05) is 41.5 Å². The normalized spacial score (nSPS) is 26.8. The van der Waals surface area contributed by atoms with Crippen molar-refractivity contribution >= 4 is 0 Å². The van der Waals surface area contributed by atoms with Crippen LogP contribution in [0.2, 0.25) is 0 Å². The van der Waals surface area contributed by atoms with Crippen molar-refractivity contribution in [1.82, 2.24) is 5.32 Å². The lowest BCUT2D eigenvalue weighted by molar-refractivity contribution is -0.0259. The van der Waals surface area contributed by atoms with Gasteiger partial charge in [-0.25, -0.2) is 0 Å². The summed E-state index contributed by atoms with van der Waals surface area (Å²) in [6.07, 6.45) is 2.78. The minimum Gasteiger partial charge on any atom is -0.378 e. The fourth-order valence-electron chi connectivity index (χ4n) is 2.09. The van der Waals surface area contributed by atoms with Crippen LogP contribution in [0.15, 0.2) is 0 Å². The van der Waals surface area contributed by atoms with Gasteiger partial charge in [0, 0.05) is 19.2 Å². The van der Waals surface area contributed by atoms with Gasteiger partial charge < -0.3 is 10.1 Å². The molecule has 0 aromatic heterocycles. The molecule has 1 aliphatic heterocycles. The molecule has 0 spiro atoms. The number of ether oxygens (including phenoxy) is 1. The van der Waals surface area contributed by atoms with Crippen LogP contribution in [0, 0.1) is 17.3 Å². The smallest absolute Gasteiger partial charge is 0.0612 e. The first-order chi connectivity index (χ1) is 7.83. The summed E-state index contributed by atoms with van der Waals surface area (Å²) in [7, 11) is 0. The van der Waals surface area contributed by atoms with Crippen LogP contribution in [0.5, 0.6) is 0 Å². The third-order valence-electron chi connectivity index (χ3n) is 4.47. The molecule has 1 N–H and O–H groups in total. The monoisotopic (exact) mass is 241 g/mol. The summed E-state index contributed by atoms with van der Waals surface area (Å²) in [6, 6.07) is 0.647. The van der Waals surface area contributed by atoms with E-state index in [2.05, 4.69) is 46.9 Å². The molecular formula is C15H31NO. The Morgan fingerprint density at radius 2 is 1.88 bits per heavy atom. The van der Waals surface area contributed by atoms with E-state index in [1.54, 1.807) is 0 Å². The van der Waals surface area contributed by atoms with Crippen molar-refractivity contribution in [2.45, 2.75) is 66.5 Å². The molecule has 0 saturated carbocycles. The van der Waals surface area contributed by atoms with Gasteiger partial charge >= 0.3 is 0 Å². The van der Waals surface area contributed by atoms with Gasteiger partial charge in [-0.2, -0.15) is 0 Å². The second-order valence-electron chi connectivity index (χ2n) is 6.90. The van der Waals surface area contributed by atoms with Gasteiger partial charge in [0.15, 0.2) is 0 Å². The number of hydrogen-bond donors (Lipinski definition) is 1. The Bertz CT molecular complexity index is 223. The van der Waals surface area contributed by atoms with Crippen LogP contribution < -0.4 is 5.32 Å². The zero-order valence-corrected chi connectivity index (χ0v) is 12.5. The summed E-state index contributed by atoms with van der Waals surface area (Å²) >= 11 is 0. The molecule has 0 amide bonds. The molecule has 0 aromatic carbocycles. The maximum Gasteiger partial charge on any atom is 0.0612 e. The fraction of sp³-hybridized carbons (Fsp3) is 1.00. The maximum atomic E-state index is 5.81. The highest BCUT2D eigenvalue weighted by Gasteiger charge is 2.27. The molecule has 1 aliphatic rings. The molecule has 102 valence electrons. The van der Waals surface area contributed by atoms with E-state index < -0.39 is 0 Å². The van der Waals surface area contributed by atoms with Gasteiger partial charge in [0.2, 0.25) is 0 Å². The Hall–Kier alpha value is -0.0800. The van der Waals surface area contributed by atoms with E-state index in [-0.39, 0.29) is 0 Å². The molecule has 2 heteroatoms. The van der Waals surface area contributed by atoms with Crippen LogP contribution in [-0.4, -0.2) is 25.3 Å². The molecule has 1 fully saturated rings. The predicted molar refractivity (Wildman–Crippen MR) is 74.2 cm³/mol. The van der Waals surface area contributed by atoms with Crippen LogP contribution in [0.1, 0.15) is 54.4 Å². The van der Waals surface area contributed by atoms with E-state index in [1.807, 2.05) is 0 Å². The van der Waals surface area contributed by atoms with E-state index in [0.717, 1.165) is 25.5 Å². The largest absolute Gasteiger partial charge is 0.378 e. The van der Waals surface area contributed by atoms with E-state index in [4.69, 9.17) is 4.74 Å². The van der Waals surface area contributed by atoms with Crippen molar-refractivity contribution in [2.75, 3.05) is 13.2 Å². The first kappa shape index (κ1) is 15.0. The molecular weight excluding hydrogens is 210 g/mol. The highest BCUT2D eigenvalue weighted by Crippen LogP contribution is 2.26. The molecule has 2 unspecified atom stereocenters. The molecule has 1 heterocycles. The summed E-state index contributed by atoms with van der Waals surface area (Å²) in [4.78, 5) is 0. The van der Waals surface area contributed by atoms with Crippen molar-refractivity contribution in [3.63, 3.8) is 0 Å². The third kappa shape index (κ3) is 4.59. The summed E-state index contributed by atoms with van der Waals surface area (Å²) in [5.74, 6) is 1.36. The van der Waals surface area contributed by atoms with Gasteiger partial charge in [-0.05, 0) is 30.1 Å². The molecule has 2 nitrogen and oxygen atoms in total. The molecule has 0 bridgehead atoms. The van der Waals surface area contributed by atoms with Crippen LogP contribution >= 0.6 is 0 Å². The Balaban J connectivity index is 2.37. The van der Waals surface area contributed by atoms with Gasteiger partial charge in [-0.15, -0.1) is 0 Å². The van der Waals surface area contributed by atoms with Crippen molar-refractivity contribution in [1.29, 1.82) is 0 Å². The Kier molecular flexibility index (Phi) is 5.46. The van der Waals surface area contributed by atoms with E-state index in [9.17, 15) is 0 Å². The highest BCUT2D eigenvalue weighted by atomic mass is 16.5. The predicted octanol–water partition coefficient (Wildman–Crippen LogP) is 3.46. The lowest BCUT2D eigenvalue weighted by atomic mass is 9.81. The zero-order chi connectivity index (χ0) is 13.1. The quantitative estimate of drug-likeness (QED) is 0.796. The molecule has 1 rings (SSSR count). The number of rotatable bonds is 5. The van der Waals surface area contributed by atoms with E-state index in [0.29, 0.717) is 23.5 Å². The molecule has 0 aliphatic carbocycles. The van der Waals surface area contributed by atoms with Crippen LogP contribution in [-0.2, 0) is 4.74 Å². The lowest BCUT2D eigenvalue weighted by Gasteiger charge is -2.36. The SMILES string of the molecule is CC(C)C1CC(NCC(C)(C)C(C)C)CCO1. The Morgan fingerprint density at radius 1 is 1.24 bits per heavy atom. The van der Waals surface area contributed by atoms with E-state index >= 15 is 0 Å². The van der Waals surface area contributed by atoms with Crippen molar-refractivity contribution in [2.24, 2.45) is 17.3 Å². The standard InChI is InChI=1S/C15H31NO/c1-11(2)14-9-13(7-8-17-14)16-10-15(5,6)12(3)4/h11-14,16H,7-10H2,1-6H3. The van der Waals surface area contributed by atoms with Crippen molar-refractivity contribution in [3.05, 3.63) is 0 Å². The molecule has 17 heavy (non-hydrogen) atoms. The number of nitrogens with one attached hydrogen (secondary N) is 1.